The van der Waals surface area contributed by atoms with Crippen LogP contribution in [0.4, 0.5) is 0 Å². The number of aromatic carboxylic acids is 1. The Morgan fingerprint density at radius 2 is 1.94 bits per heavy atom. The molecule has 0 unspecified atom stereocenters. The van der Waals surface area contributed by atoms with E-state index in [1.54, 1.807) is 12.1 Å². The van der Waals surface area contributed by atoms with E-state index in [0.29, 0.717) is 11.5 Å². The van der Waals surface area contributed by atoms with Gasteiger partial charge in [0.15, 0.2) is 0 Å². The van der Waals surface area contributed by atoms with Crippen LogP contribution in [0, 0.1) is 3.57 Å². The Morgan fingerprint density at radius 1 is 1.25 bits per heavy atom. The van der Waals surface area contributed by atoms with E-state index in [-0.39, 0.29) is 0 Å². The van der Waals surface area contributed by atoms with Gasteiger partial charge in [0.2, 0.25) is 0 Å². The molecule has 1 aromatic rings. The number of carboxylic acids is 1. The molecular formula is C13H15IO2. The van der Waals surface area contributed by atoms with E-state index in [0.717, 1.165) is 3.57 Å². The van der Waals surface area contributed by atoms with E-state index in [4.69, 9.17) is 5.11 Å². The van der Waals surface area contributed by atoms with E-state index in [1.165, 1.54) is 37.7 Å². The highest BCUT2D eigenvalue weighted by Gasteiger charge is 2.18. The standard InChI is InChI=1S/C13H15IO2/c14-12-8-10(13(15)16)6-7-11(12)9-4-2-1-3-5-9/h6-9H,1-5H2,(H,15,16). The zero-order valence-corrected chi connectivity index (χ0v) is 11.2. The van der Waals surface area contributed by atoms with Crippen LogP contribution in [0.2, 0.25) is 0 Å². The Kier molecular flexibility index (Phi) is 3.84. The molecule has 0 saturated heterocycles. The van der Waals surface area contributed by atoms with E-state index in [9.17, 15) is 4.79 Å². The first-order valence-electron chi connectivity index (χ1n) is 5.71. The van der Waals surface area contributed by atoms with Crippen molar-refractivity contribution in [2.45, 2.75) is 38.0 Å². The van der Waals surface area contributed by atoms with Crippen LogP contribution >= 0.6 is 22.6 Å². The average molecular weight is 330 g/mol. The number of rotatable bonds is 2. The zero-order valence-electron chi connectivity index (χ0n) is 9.08. The summed E-state index contributed by atoms with van der Waals surface area (Å²) in [6.07, 6.45) is 6.47. The fourth-order valence-corrected chi connectivity index (χ4v) is 3.36. The molecule has 1 aliphatic rings. The van der Waals surface area contributed by atoms with Crippen LogP contribution in [0.25, 0.3) is 0 Å². The summed E-state index contributed by atoms with van der Waals surface area (Å²) in [6.45, 7) is 0. The Balaban J connectivity index is 2.24. The smallest absolute Gasteiger partial charge is 0.335 e. The summed E-state index contributed by atoms with van der Waals surface area (Å²) in [5.41, 5.74) is 1.73. The third-order valence-electron chi connectivity index (χ3n) is 3.29. The van der Waals surface area contributed by atoms with E-state index >= 15 is 0 Å². The summed E-state index contributed by atoms with van der Waals surface area (Å²) in [5.74, 6) is -0.198. The second-order valence-electron chi connectivity index (χ2n) is 4.38. The molecule has 1 aliphatic carbocycles. The normalized spacial score (nSPS) is 17.3. The minimum Gasteiger partial charge on any atom is -0.478 e. The number of carbonyl (C=O) groups is 1. The lowest BCUT2D eigenvalue weighted by molar-refractivity contribution is 0.0697. The summed E-state index contributed by atoms with van der Waals surface area (Å²) in [6, 6.07) is 5.52. The average Bonchev–Trinajstić information content (AvgIpc) is 2.30. The minimum absolute atomic E-state index is 0.393. The highest BCUT2D eigenvalue weighted by atomic mass is 127. The lowest BCUT2D eigenvalue weighted by Gasteiger charge is -2.23. The Labute approximate surface area is 109 Å². The van der Waals surface area contributed by atoms with Gasteiger partial charge in [0.05, 0.1) is 5.56 Å². The first-order chi connectivity index (χ1) is 7.68. The van der Waals surface area contributed by atoms with Crippen molar-refractivity contribution in [1.29, 1.82) is 0 Å². The van der Waals surface area contributed by atoms with Gasteiger partial charge in [0.25, 0.3) is 0 Å². The van der Waals surface area contributed by atoms with Crippen molar-refractivity contribution in [3.63, 3.8) is 0 Å². The lowest BCUT2D eigenvalue weighted by Crippen LogP contribution is -2.07. The van der Waals surface area contributed by atoms with Gasteiger partial charge in [-0.3, -0.25) is 0 Å². The van der Waals surface area contributed by atoms with E-state index in [2.05, 4.69) is 22.6 Å². The zero-order chi connectivity index (χ0) is 11.5. The van der Waals surface area contributed by atoms with Gasteiger partial charge in [-0.15, -0.1) is 0 Å². The number of halogens is 1. The van der Waals surface area contributed by atoms with Crippen molar-refractivity contribution in [3.05, 3.63) is 32.9 Å². The number of carboxylic acid groups (broad SMARTS) is 1. The second kappa shape index (κ2) is 5.17. The SMILES string of the molecule is O=C(O)c1ccc(C2CCCCC2)c(I)c1. The molecule has 86 valence electrons. The van der Waals surface area contributed by atoms with Crippen LogP contribution in [0.3, 0.4) is 0 Å². The molecule has 0 aromatic heterocycles. The topological polar surface area (TPSA) is 37.3 Å². The molecule has 0 spiro atoms. The van der Waals surface area contributed by atoms with Gasteiger partial charge < -0.3 is 5.11 Å². The fraction of sp³-hybridized carbons (Fsp3) is 0.462. The van der Waals surface area contributed by atoms with Gasteiger partial charge in [0, 0.05) is 3.57 Å². The summed E-state index contributed by atoms with van der Waals surface area (Å²) in [5, 5.41) is 8.91. The van der Waals surface area contributed by atoms with Crippen molar-refractivity contribution in [2.75, 3.05) is 0 Å². The molecule has 0 amide bonds. The van der Waals surface area contributed by atoms with Crippen molar-refractivity contribution in [3.8, 4) is 0 Å². The van der Waals surface area contributed by atoms with Gasteiger partial charge in [-0.25, -0.2) is 4.79 Å². The lowest BCUT2D eigenvalue weighted by atomic mass is 9.84. The van der Waals surface area contributed by atoms with Crippen molar-refractivity contribution >= 4 is 28.6 Å². The molecule has 3 heteroatoms. The third-order valence-corrected chi connectivity index (χ3v) is 4.23. The maximum Gasteiger partial charge on any atom is 0.335 e. The third kappa shape index (κ3) is 2.56. The summed E-state index contributed by atoms with van der Waals surface area (Å²) in [7, 11) is 0. The van der Waals surface area contributed by atoms with Crippen LogP contribution < -0.4 is 0 Å². The maximum atomic E-state index is 10.8. The van der Waals surface area contributed by atoms with Crippen LogP contribution in [0.1, 0.15) is 53.9 Å². The second-order valence-corrected chi connectivity index (χ2v) is 5.54. The van der Waals surface area contributed by atoms with Gasteiger partial charge >= 0.3 is 5.97 Å². The molecule has 0 aliphatic heterocycles. The van der Waals surface area contributed by atoms with Crippen molar-refractivity contribution < 1.29 is 9.90 Å². The Hall–Kier alpha value is -0.580. The first kappa shape index (κ1) is 11.9. The molecule has 1 fully saturated rings. The molecule has 0 radical (unpaired) electrons. The largest absolute Gasteiger partial charge is 0.478 e. The molecule has 1 N–H and O–H groups in total. The van der Waals surface area contributed by atoms with Crippen LogP contribution in [-0.2, 0) is 0 Å². The predicted molar refractivity (Wildman–Crippen MR) is 71.9 cm³/mol. The maximum absolute atomic E-state index is 10.8. The first-order valence-corrected chi connectivity index (χ1v) is 6.79. The highest BCUT2D eigenvalue weighted by Crippen LogP contribution is 2.35. The van der Waals surface area contributed by atoms with E-state index in [1.807, 2.05) is 6.07 Å². The molecular weight excluding hydrogens is 315 g/mol. The molecule has 1 saturated carbocycles. The van der Waals surface area contributed by atoms with Crippen molar-refractivity contribution in [1.82, 2.24) is 0 Å². The molecule has 2 rings (SSSR count). The highest BCUT2D eigenvalue weighted by molar-refractivity contribution is 14.1. The van der Waals surface area contributed by atoms with Gasteiger partial charge in [-0.1, -0.05) is 25.3 Å². The van der Waals surface area contributed by atoms with E-state index < -0.39 is 5.97 Å². The molecule has 0 atom stereocenters. The van der Waals surface area contributed by atoms with Crippen molar-refractivity contribution in [2.24, 2.45) is 0 Å². The summed E-state index contributed by atoms with van der Waals surface area (Å²) in [4.78, 5) is 10.8. The number of hydrogen-bond donors (Lipinski definition) is 1. The summed E-state index contributed by atoms with van der Waals surface area (Å²) < 4.78 is 1.10. The molecule has 0 bridgehead atoms. The van der Waals surface area contributed by atoms with Crippen LogP contribution in [0.5, 0.6) is 0 Å². The Bertz CT molecular complexity index is 395. The fourth-order valence-electron chi connectivity index (χ4n) is 2.40. The number of benzene rings is 1. The summed E-state index contributed by atoms with van der Waals surface area (Å²) >= 11 is 2.26. The molecule has 1 aromatic carbocycles. The molecule has 0 heterocycles. The quantitative estimate of drug-likeness (QED) is 0.831. The van der Waals surface area contributed by atoms with Crippen LogP contribution in [-0.4, -0.2) is 11.1 Å². The van der Waals surface area contributed by atoms with Crippen LogP contribution in [0.15, 0.2) is 18.2 Å². The predicted octanol–water partition coefficient (Wildman–Crippen LogP) is 4.04. The molecule has 16 heavy (non-hydrogen) atoms. The van der Waals surface area contributed by atoms with Gasteiger partial charge in [-0.2, -0.15) is 0 Å². The number of hydrogen-bond acceptors (Lipinski definition) is 1. The minimum atomic E-state index is -0.840. The van der Waals surface area contributed by atoms with Gasteiger partial charge in [-0.05, 0) is 59.0 Å². The monoisotopic (exact) mass is 330 g/mol. The molecule has 2 nitrogen and oxygen atoms in total. The van der Waals surface area contributed by atoms with Gasteiger partial charge in [0.1, 0.15) is 0 Å². The Morgan fingerprint density at radius 3 is 2.50 bits per heavy atom.